The van der Waals surface area contributed by atoms with Gasteiger partial charge in [0.25, 0.3) is 5.91 Å². The van der Waals surface area contributed by atoms with Crippen molar-refractivity contribution in [2.24, 2.45) is 29.6 Å². The van der Waals surface area contributed by atoms with Crippen molar-refractivity contribution in [3.8, 4) is 5.75 Å². The van der Waals surface area contributed by atoms with Gasteiger partial charge in [0, 0.05) is 32.7 Å². The molecule has 9 rings (SSSR count). The van der Waals surface area contributed by atoms with Crippen LogP contribution in [0, 0.1) is 29.6 Å². The van der Waals surface area contributed by atoms with E-state index in [-0.39, 0.29) is 40.4 Å². The first-order valence-corrected chi connectivity index (χ1v) is 18.2. The third-order valence-corrected chi connectivity index (χ3v) is 13.4. The zero-order valence-corrected chi connectivity index (χ0v) is 28.2. The van der Waals surface area contributed by atoms with Gasteiger partial charge in [-0.2, -0.15) is 13.2 Å². The van der Waals surface area contributed by atoms with Crippen molar-refractivity contribution >= 4 is 63.0 Å². The van der Waals surface area contributed by atoms with E-state index in [1.165, 1.54) is 30.0 Å². The van der Waals surface area contributed by atoms with E-state index in [9.17, 15) is 32.3 Å². The fourth-order valence-corrected chi connectivity index (χ4v) is 11.9. The first-order valence-electron chi connectivity index (χ1n) is 16.5. The van der Waals surface area contributed by atoms with Gasteiger partial charge in [-0.05, 0) is 53.8 Å². The minimum Gasteiger partial charge on any atom is -0.483 e. The highest BCUT2D eigenvalue weighted by atomic mass is 32.2. The van der Waals surface area contributed by atoms with Gasteiger partial charge in [-0.3, -0.25) is 19.2 Å². The average Bonchev–Trinajstić information content (AvgIpc) is 3.86. The number of carbonyl (C=O) groups is 3. The van der Waals surface area contributed by atoms with Crippen molar-refractivity contribution in [3.63, 3.8) is 0 Å². The Morgan fingerprint density at radius 1 is 0.882 bits per heavy atom. The molecule has 3 heterocycles. The van der Waals surface area contributed by atoms with Gasteiger partial charge in [-0.1, -0.05) is 78.1 Å². The summed E-state index contributed by atoms with van der Waals surface area (Å²) in [5.74, 6) is -3.91. The number of aromatic amines is 1. The van der Waals surface area contributed by atoms with Gasteiger partial charge in [-0.15, -0.1) is 11.8 Å². The second kappa shape index (κ2) is 11.8. The summed E-state index contributed by atoms with van der Waals surface area (Å²) in [7, 11) is 0. The minimum absolute atomic E-state index is 0.184. The lowest BCUT2D eigenvalue weighted by Gasteiger charge is -2.43. The SMILES string of the molecule is O=C(COc1ccccc1[C@@H]1c2sc(=O)[nH]c2S[C@@H]2[C@@H]3C[C@@H]([C@@H]4C(=O)N(c5ccccc5C(F)(F)F)C(=O)[C@@H]34)[C@H]12)Nc1cccc2ccccc12. The van der Waals surface area contributed by atoms with E-state index in [4.69, 9.17) is 4.74 Å². The van der Waals surface area contributed by atoms with E-state index in [0.717, 1.165) is 43.5 Å². The number of nitrogens with zero attached hydrogens (tertiary/aromatic N) is 1. The number of H-pyrrole nitrogens is 1. The third kappa shape index (κ3) is 5.03. The number of alkyl halides is 3. The number of amides is 3. The Morgan fingerprint density at radius 3 is 2.41 bits per heavy atom. The van der Waals surface area contributed by atoms with E-state index in [2.05, 4.69) is 10.3 Å². The van der Waals surface area contributed by atoms with Crippen molar-refractivity contribution in [1.82, 2.24) is 4.98 Å². The fourth-order valence-electron chi connectivity index (χ4n) is 9.04. The molecule has 5 aromatic rings. The molecule has 1 saturated heterocycles. The molecule has 8 nitrogen and oxygen atoms in total. The summed E-state index contributed by atoms with van der Waals surface area (Å²) >= 11 is 2.56. The molecule has 3 amide bonds. The maximum absolute atomic E-state index is 14.1. The summed E-state index contributed by atoms with van der Waals surface area (Å²) in [6.07, 6.45) is -4.19. The molecule has 7 atom stereocenters. The second-order valence-corrected chi connectivity index (χ2v) is 15.6. The maximum atomic E-state index is 14.1. The number of anilines is 2. The summed E-state index contributed by atoms with van der Waals surface area (Å²) in [6, 6.07) is 25.4. The van der Waals surface area contributed by atoms with Crippen molar-refractivity contribution in [1.29, 1.82) is 0 Å². The number of hydrogen-bond donors (Lipinski definition) is 2. The molecule has 0 spiro atoms. The van der Waals surface area contributed by atoms with Crippen LogP contribution in [0.1, 0.15) is 28.3 Å². The summed E-state index contributed by atoms with van der Waals surface area (Å²) < 4.78 is 48.3. The lowest BCUT2D eigenvalue weighted by atomic mass is 9.68. The van der Waals surface area contributed by atoms with E-state index in [1.807, 2.05) is 54.6 Å². The van der Waals surface area contributed by atoms with Crippen LogP contribution in [0.2, 0.25) is 0 Å². The molecule has 2 aliphatic heterocycles. The summed E-state index contributed by atoms with van der Waals surface area (Å²) in [5, 5.41) is 5.31. The van der Waals surface area contributed by atoms with Crippen molar-refractivity contribution in [2.45, 2.75) is 28.8 Å². The quantitative estimate of drug-likeness (QED) is 0.178. The first kappa shape index (κ1) is 32.1. The van der Waals surface area contributed by atoms with Gasteiger partial charge in [0.05, 0.1) is 28.1 Å². The van der Waals surface area contributed by atoms with Gasteiger partial charge in [0.15, 0.2) is 6.61 Å². The molecule has 258 valence electrons. The Labute approximate surface area is 297 Å². The predicted octanol–water partition coefficient (Wildman–Crippen LogP) is 7.30. The molecule has 0 unspecified atom stereocenters. The predicted molar refractivity (Wildman–Crippen MR) is 187 cm³/mol. The molecule has 2 N–H and O–H groups in total. The van der Waals surface area contributed by atoms with E-state index in [1.54, 1.807) is 12.1 Å². The average molecular weight is 728 g/mol. The largest absolute Gasteiger partial charge is 0.483 e. The molecule has 13 heteroatoms. The highest BCUT2D eigenvalue weighted by Crippen LogP contribution is 2.69. The number of halogens is 3. The van der Waals surface area contributed by atoms with Gasteiger partial charge in [0.2, 0.25) is 11.8 Å². The highest BCUT2D eigenvalue weighted by molar-refractivity contribution is 8.00. The number of nitrogens with one attached hydrogen (secondary N) is 2. The summed E-state index contributed by atoms with van der Waals surface area (Å²) in [6.45, 7) is -0.288. The number of fused-ring (bicyclic) bond motifs is 10. The van der Waals surface area contributed by atoms with Crippen LogP contribution in [0.3, 0.4) is 0 Å². The zero-order valence-electron chi connectivity index (χ0n) is 26.6. The molecule has 1 aromatic heterocycles. The van der Waals surface area contributed by atoms with Crippen LogP contribution in [0.25, 0.3) is 10.8 Å². The number of aromatic nitrogens is 1. The maximum Gasteiger partial charge on any atom is 0.418 e. The molecule has 2 saturated carbocycles. The Balaban J connectivity index is 1.04. The zero-order chi connectivity index (χ0) is 35.2. The summed E-state index contributed by atoms with van der Waals surface area (Å²) in [5.41, 5.74) is -0.0746. The lowest BCUT2D eigenvalue weighted by molar-refractivity contribution is -0.137. The standard InChI is InChI=1S/C38H28F3N3O5S2/c39-38(40,41)23-12-4-5-14-25(23)44-35(46)30-21-16-22(31(30)36(44)47)32-29(21)28(33-34(50-32)43-37(48)51-33)20-11-3-6-15-26(20)49-17-27(45)42-24-13-7-9-18-8-1-2-10-19(18)24/h1-15,21-22,28-32H,16-17H2,(H,42,45)(H,43,48)/t21-,22-,28+,29-,30+,31+,32-/m1/s1. The number of para-hydroxylation sites is 2. The Hall–Kier alpha value is -4.88. The number of ether oxygens (including phenoxy) is 1. The van der Waals surface area contributed by atoms with Crippen LogP contribution in [0.15, 0.2) is 101 Å². The van der Waals surface area contributed by atoms with Gasteiger partial charge in [-0.25, -0.2) is 4.90 Å². The Kier molecular flexibility index (Phi) is 7.44. The summed E-state index contributed by atoms with van der Waals surface area (Å²) in [4.78, 5) is 58.3. The number of benzene rings is 4. The number of carbonyl (C=O) groups excluding carboxylic acids is 3. The van der Waals surface area contributed by atoms with Crippen LogP contribution in [-0.4, -0.2) is 34.6 Å². The molecule has 2 aliphatic carbocycles. The molecular formula is C38H28F3N3O5S2. The van der Waals surface area contributed by atoms with Crippen molar-refractivity contribution in [3.05, 3.63) is 117 Å². The normalized spacial score (nSPS) is 26.3. The highest BCUT2D eigenvalue weighted by Gasteiger charge is 2.70. The van der Waals surface area contributed by atoms with Crippen molar-refractivity contribution in [2.75, 3.05) is 16.8 Å². The van der Waals surface area contributed by atoms with Gasteiger partial charge >= 0.3 is 11.0 Å². The third-order valence-electron chi connectivity index (χ3n) is 10.9. The number of thiazole rings is 1. The van der Waals surface area contributed by atoms with Gasteiger partial charge < -0.3 is 15.0 Å². The monoisotopic (exact) mass is 727 g/mol. The smallest absolute Gasteiger partial charge is 0.418 e. The van der Waals surface area contributed by atoms with Crippen LogP contribution in [0.4, 0.5) is 24.5 Å². The van der Waals surface area contributed by atoms with Crippen LogP contribution >= 0.6 is 23.1 Å². The Morgan fingerprint density at radius 2 is 1.59 bits per heavy atom. The van der Waals surface area contributed by atoms with Crippen LogP contribution in [0.5, 0.6) is 5.75 Å². The molecule has 0 radical (unpaired) electrons. The fraction of sp³-hybridized carbons (Fsp3) is 0.263. The molecular weight excluding hydrogens is 700 g/mol. The van der Waals surface area contributed by atoms with Crippen molar-refractivity contribution < 1.29 is 32.3 Å². The molecule has 4 aliphatic rings. The second-order valence-electron chi connectivity index (χ2n) is 13.4. The lowest BCUT2D eigenvalue weighted by Crippen LogP contribution is -2.42. The van der Waals surface area contributed by atoms with Crippen LogP contribution < -0.4 is 19.8 Å². The van der Waals surface area contributed by atoms with E-state index in [0.29, 0.717) is 22.9 Å². The Bertz CT molecular complexity index is 2320. The number of thioether (sulfide) groups is 1. The van der Waals surface area contributed by atoms with Gasteiger partial charge in [0.1, 0.15) is 5.75 Å². The molecule has 4 aromatic carbocycles. The number of imide groups is 1. The number of hydrogen-bond acceptors (Lipinski definition) is 7. The van der Waals surface area contributed by atoms with E-state index >= 15 is 0 Å². The van der Waals surface area contributed by atoms with E-state index < -0.39 is 47.0 Å². The topological polar surface area (TPSA) is 109 Å². The first-order chi connectivity index (χ1) is 24.6. The number of rotatable bonds is 6. The van der Waals surface area contributed by atoms with Crippen LogP contribution in [-0.2, 0) is 20.6 Å². The molecule has 3 fully saturated rings. The molecule has 51 heavy (non-hydrogen) atoms. The molecule has 2 bridgehead atoms. The minimum atomic E-state index is -4.75.